The van der Waals surface area contributed by atoms with Gasteiger partial charge in [-0.25, -0.2) is 9.59 Å². The molecular weight excluding hydrogens is 728 g/mol. The molecule has 2 unspecified atom stereocenters. The van der Waals surface area contributed by atoms with E-state index in [-0.39, 0.29) is 49.4 Å². The monoisotopic (exact) mass is 774 g/mol. The number of Topliss-reactive ketones (excluding diaryl/α,β-unsaturated/α-hetero) is 1. The zero-order valence-corrected chi connectivity index (χ0v) is 31.5. The molecule has 1 aromatic rings. The van der Waals surface area contributed by atoms with Crippen molar-refractivity contribution in [1.29, 1.82) is 0 Å². The number of amides is 1. The molecule has 3 fully saturated rings. The molecule has 0 spiro atoms. The van der Waals surface area contributed by atoms with Gasteiger partial charge in [0.25, 0.3) is 5.09 Å². The van der Waals surface area contributed by atoms with E-state index in [0.29, 0.717) is 37.7 Å². The summed E-state index contributed by atoms with van der Waals surface area (Å²) in [5.74, 6) is -2.99. The molecule has 9 atom stereocenters. The van der Waals surface area contributed by atoms with Crippen LogP contribution in [0.1, 0.15) is 71.8 Å². The Balaban J connectivity index is 1.17. The predicted octanol–water partition coefficient (Wildman–Crippen LogP) is 3.97. The third-order valence-electron chi connectivity index (χ3n) is 12.2. The Morgan fingerprint density at radius 1 is 1.09 bits per heavy atom. The van der Waals surface area contributed by atoms with Gasteiger partial charge in [-0.15, -0.1) is 21.7 Å². The van der Waals surface area contributed by atoms with Gasteiger partial charge in [-0.1, -0.05) is 44.6 Å². The van der Waals surface area contributed by atoms with E-state index in [4.69, 9.17) is 25.8 Å². The fourth-order valence-corrected chi connectivity index (χ4v) is 10.0. The number of esters is 1. The molecule has 0 aliphatic heterocycles. The lowest BCUT2D eigenvalue weighted by Crippen LogP contribution is -2.69. The van der Waals surface area contributed by atoms with Crippen LogP contribution in [-0.2, 0) is 39.9 Å². The lowest BCUT2D eigenvalue weighted by Gasteiger charge is -2.63. The van der Waals surface area contributed by atoms with Crippen molar-refractivity contribution < 1.29 is 58.3 Å². The summed E-state index contributed by atoms with van der Waals surface area (Å²) in [6.45, 7) is 5.81. The highest BCUT2D eigenvalue weighted by Crippen LogP contribution is 2.71. The molecule has 0 heterocycles. The van der Waals surface area contributed by atoms with Crippen LogP contribution in [0.25, 0.3) is 0 Å². The van der Waals surface area contributed by atoms with Crippen LogP contribution in [0.3, 0.4) is 0 Å². The fraction of sp³-hybridized carbons (Fsp3) is 0.605. The Hall–Kier alpha value is -4.34. The summed E-state index contributed by atoms with van der Waals surface area (Å²) in [4.78, 5) is 76.4. The average molecular weight is 775 g/mol. The van der Waals surface area contributed by atoms with Crippen molar-refractivity contribution in [1.82, 2.24) is 5.32 Å². The second kappa shape index (κ2) is 15.8. The van der Waals surface area contributed by atoms with E-state index >= 15 is 0 Å². The summed E-state index contributed by atoms with van der Waals surface area (Å²) < 4.78 is 15.7. The van der Waals surface area contributed by atoms with Crippen molar-refractivity contribution in [3.05, 3.63) is 63.7 Å². The van der Waals surface area contributed by atoms with Crippen molar-refractivity contribution in [2.75, 3.05) is 19.8 Å². The number of ether oxygens (including phenoxy) is 3. The van der Waals surface area contributed by atoms with Crippen LogP contribution in [0.4, 0.5) is 4.79 Å². The number of hydrogen-bond donors (Lipinski definition) is 3. The van der Waals surface area contributed by atoms with Crippen LogP contribution in [-0.4, -0.2) is 87.3 Å². The van der Waals surface area contributed by atoms with Crippen LogP contribution in [0.5, 0.6) is 5.75 Å². The summed E-state index contributed by atoms with van der Waals surface area (Å²) in [5.41, 5.74) is -2.36. The first-order valence-corrected chi connectivity index (χ1v) is 18.5. The molecule has 3 saturated carbocycles. The van der Waals surface area contributed by atoms with Gasteiger partial charge < -0.3 is 34.6 Å². The Kier molecular flexibility index (Phi) is 11.9. The number of alkyl halides is 1. The summed E-state index contributed by atoms with van der Waals surface area (Å²) in [6.07, 6.45) is 4.86. The first kappa shape index (κ1) is 40.8. The quantitative estimate of drug-likeness (QED) is 0.0610. The van der Waals surface area contributed by atoms with Crippen molar-refractivity contribution in [3.63, 3.8) is 0 Å². The Labute approximate surface area is 317 Å². The Bertz CT molecular complexity index is 1730. The van der Waals surface area contributed by atoms with Gasteiger partial charge >= 0.3 is 12.1 Å². The molecular formula is C38H47ClN2O13. The highest BCUT2D eigenvalue weighted by atomic mass is 35.5. The molecule has 15 nitrogen and oxygen atoms in total. The molecule has 0 aromatic heterocycles. The van der Waals surface area contributed by atoms with E-state index in [0.717, 1.165) is 5.57 Å². The van der Waals surface area contributed by atoms with Gasteiger partial charge in [-0.05, 0) is 86.1 Å². The zero-order valence-electron chi connectivity index (χ0n) is 30.7. The number of nitrogens with one attached hydrogen (secondary N) is 1. The molecule has 16 heteroatoms. The van der Waals surface area contributed by atoms with Crippen LogP contribution < -0.4 is 10.1 Å². The number of aliphatic hydroxyl groups excluding tert-OH is 1. The number of carbonyl (C=O) groups is 5. The Morgan fingerprint density at radius 2 is 1.78 bits per heavy atom. The van der Waals surface area contributed by atoms with E-state index in [1.54, 1.807) is 38.1 Å². The first-order chi connectivity index (χ1) is 25.4. The van der Waals surface area contributed by atoms with Crippen LogP contribution in [0.2, 0.25) is 0 Å². The number of unbranched alkanes of at least 4 members (excludes halogenated alkanes) is 1. The molecule has 1 aromatic carbocycles. The fourth-order valence-electron chi connectivity index (χ4n) is 9.49. The highest BCUT2D eigenvalue weighted by molar-refractivity contribution is 6.26. The minimum atomic E-state index is -1.94. The number of rotatable bonds is 14. The summed E-state index contributed by atoms with van der Waals surface area (Å²) >= 11 is 7.46. The molecule has 54 heavy (non-hydrogen) atoms. The maximum absolute atomic E-state index is 13.8. The number of fused-ring (bicyclic) bond motifs is 5. The molecule has 0 radical (unpaired) electrons. The number of aliphatic hydroxyl groups is 2. The van der Waals surface area contributed by atoms with Gasteiger partial charge in [0.1, 0.15) is 17.4 Å². The lowest BCUT2D eigenvalue weighted by molar-refractivity contribution is -0.757. The molecule has 4 aliphatic carbocycles. The molecule has 3 N–H and O–H groups in total. The first-order valence-electron chi connectivity index (χ1n) is 18.1. The molecule has 294 valence electrons. The van der Waals surface area contributed by atoms with E-state index in [1.807, 2.05) is 6.92 Å². The van der Waals surface area contributed by atoms with E-state index in [2.05, 4.69) is 10.2 Å². The predicted molar refractivity (Wildman–Crippen MR) is 190 cm³/mol. The smallest absolute Gasteiger partial charge is 0.464 e. The van der Waals surface area contributed by atoms with Crippen LogP contribution in [0, 0.1) is 38.7 Å². The van der Waals surface area contributed by atoms with Gasteiger partial charge in [-0.2, -0.15) is 0 Å². The summed E-state index contributed by atoms with van der Waals surface area (Å²) in [6, 6.07) is 4.97. The minimum absolute atomic E-state index is 0.0215. The zero-order chi connectivity index (χ0) is 39.6. The largest absolute Gasteiger partial charge is 0.514 e. The second-order valence-electron chi connectivity index (χ2n) is 15.3. The van der Waals surface area contributed by atoms with Crippen molar-refractivity contribution >= 4 is 41.2 Å². The molecule has 5 rings (SSSR count). The number of nitrogens with zero attached hydrogens (tertiary/aromatic N) is 1. The second-order valence-corrected chi connectivity index (χ2v) is 15.9. The average Bonchev–Trinajstić information content (AvgIpc) is 3.31. The van der Waals surface area contributed by atoms with E-state index in [9.17, 15) is 44.3 Å². The number of benzene rings is 1. The maximum atomic E-state index is 13.8. The third-order valence-corrected chi connectivity index (χ3v) is 13.1. The highest BCUT2D eigenvalue weighted by Gasteiger charge is 2.74. The molecule has 4 aliphatic rings. The summed E-state index contributed by atoms with van der Waals surface area (Å²) in [7, 11) is 0. The summed E-state index contributed by atoms with van der Waals surface area (Å²) in [5, 5.41) is 35.8. The number of allylic oxidation sites excluding steroid dienone is 4. The Morgan fingerprint density at radius 3 is 2.44 bits per heavy atom. The van der Waals surface area contributed by atoms with Gasteiger partial charge in [0, 0.05) is 24.2 Å². The number of hydrogen-bond acceptors (Lipinski definition) is 13. The van der Waals surface area contributed by atoms with Gasteiger partial charge in [-0.3, -0.25) is 14.4 Å². The molecule has 0 bridgehead atoms. The van der Waals surface area contributed by atoms with Crippen LogP contribution in [0.15, 0.2) is 48.1 Å². The van der Waals surface area contributed by atoms with Gasteiger partial charge in [0.2, 0.25) is 11.7 Å². The SMILES string of the molecule is CC(=O)NC(Cc1ccc(OC(=O)OCC(=O)C2(O)[C@@H](C)C[C@H]3[C@@H]4CCC5=CC(=O)C=C[C@]5(C)[C@@]4(Cl)[C@@H](O)C[C@@]32C)cc1)C(=O)OCCCCO[N+](=O)[O-]. The standard InChI is InChI=1S/C38H47ClN2O13/c1-22-17-29-28-12-9-25-19-26(43)13-14-35(25,3)37(28,39)31(44)20-36(29,4)38(22,48)32(45)21-52-34(47)54-27-10-7-24(8-11-27)18-30(40-23(2)42)33(46)51-15-5-6-16-53-41(49)50/h7-8,10-11,13-14,19,22,28-31,44,48H,5-6,9,12,15-18,20-21H2,1-4H3,(H,40,42)/t22-,28-,29-,30?,31-,35-,36-,37-,38?/m0/s1. The molecule has 1 amide bonds. The normalized spacial score (nSPS) is 32.9. The minimum Gasteiger partial charge on any atom is -0.464 e. The van der Waals surface area contributed by atoms with Crippen molar-refractivity contribution in [2.45, 2.75) is 95.3 Å². The molecule has 0 saturated heterocycles. The van der Waals surface area contributed by atoms with Gasteiger partial charge in [0.15, 0.2) is 12.4 Å². The third kappa shape index (κ3) is 7.50. The van der Waals surface area contributed by atoms with Crippen LogP contribution >= 0.6 is 11.6 Å². The topological polar surface area (TPSA) is 218 Å². The van der Waals surface area contributed by atoms with Crippen molar-refractivity contribution in [2.24, 2.45) is 28.6 Å². The van der Waals surface area contributed by atoms with Crippen molar-refractivity contribution in [3.8, 4) is 5.75 Å². The number of carbonyl (C=O) groups excluding carboxylic acids is 5. The lowest BCUT2D eigenvalue weighted by atomic mass is 9.45. The maximum Gasteiger partial charge on any atom is 0.514 e. The van der Waals surface area contributed by atoms with Gasteiger partial charge in [0.05, 0.1) is 24.2 Å². The van der Waals surface area contributed by atoms with E-state index < -0.39 is 74.9 Å². The number of ketones is 2. The number of halogens is 1. The van der Waals surface area contributed by atoms with E-state index in [1.165, 1.54) is 25.1 Å².